The van der Waals surface area contributed by atoms with Crippen LogP contribution in [0.5, 0.6) is 0 Å². The van der Waals surface area contributed by atoms with Gasteiger partial charge in [-0.2, -0.15) is 0 Å². The van der Waals surface area contributed by atoms with Gasteiger partial charge in [0.15, 0.2) is 4.33 Å². The molecule has 18 heavy (non-hydrogen) atoms. The van der Waals surface area contributed by atoms with Gasteiger partial charge < -0.3 is 0 Å². The fourth-order valence-electron chi connectivity index (χ4n) is 3.48. The fraction of sp³-hybridized carbons (Fsp3) is 0.800. The zero-order valence-electron chi connectivity index (χ0n) is 8.54. The van der Waals surface area contributed by atoms with Crippen LogP contribution in [0.15, 0.2) is 10.1 Å². The summed E-state index contributed by atoms with van der Waals surface area (Å²) in [6.07, 6.45) is 0.555. The van der Waals surface area contributed by atoms with Crippen LogP contribution < -0.4 is 0 Å². The lowest BCUT2D eigenvalue weighted by Crippen LogP contribution is -2.47. The van der Waals surface area contributed by atoms with E-state index in [0.29, 0.717) is 6.42 Å². The van der Waals surface area contributed by atoms with Gasteiger partial charge in [-0.1, -0.05) is 46.4 Å². The summed E-state index contributed by atoms with van der Waals surface area (Å²) in [5, 5.41) is -0.259. The molecular formula is C10H6Cl8. The Kier molecular flexibility index (Phi) is 3.39. The lowest BCUT2D eigenvalue weighted by molar-refractivity contribution is 0.385. The van der Waals surface area contributed by atoms with Gasteiger partial charge >= 0.3 is 0 Å². The molecule has 0 spiro atoms. The molecule has 0 N–H and O–H groups in total. The number of rotatable bonds is 0. The lowest BCUT2D eigenvalue weighted by atomic mass is 9.84. The Morgan fingerprint density at radius 3 is 1.94 bits per heavy atom. The molecule has 0 unspecified atom stereocenters. The van der Waals surface area contributed by atoms with Gasteiger partial charge in [-0.05, 0) is 12.3 Å². The molecule has 3 aliphatic carbocycles. The van der Waals surface area contributed by atoms with Crippen molar-refractivity contribution in [3.8, 4) is 0 Å². The Morgan fingerprint density at radius 1 is 0.889 bits per heavy atom. The summed E-state index contributed by atoms with van der Waals surface area (Å²) in [5.41, 5.74) is 0. The van der Waals surface area contributed by atoms with Crippen LogP contribution in [0.2, 0.25) is 0 Å². The first-order valence-electron chi connectivity index (χ1n) is 5.21. The molecule has 3 aliphatic rings. The van der Waals surface area contributed by atoms with E-state index in [1.165, 1.54) is 0 Å². The number of hydrogen-bond acceptors (Lipinski definition) is 0. The van der Waals surface area contributed by atoms with E-state index >= 15 is 0 Å². The van der Waals surface area contributed by atoms with Crippen LogP contribution >= 0.6 is 92.8 Å². The third-order valence-electron chi connectivity index (χ3n) is 4.32. The normalized spacial score (nSPS) is 57.3. The maximum absolute atomic E-state index is 6.62. The largest absolute Gasteiger partial charge is 0.166 e. The minimum Gasteiger partial charge on any atom is -0.121 e. The summed E-state index contributed by atoms with van der Waals surface area (Å²) in [7, 11) is 0. The van der Waals surface area contributed by atoms with Crippen LogP contribution in [-0.4, -0.2) is 24.8 Å². The van der Waals surface area contributed by atoms with Crippen molar-refractivity contribution < 1.29 is 0 Å². The summed E-state index contributed by atoms with van der Waals surface area (Å²) in [6, 6.07) is 0. The first-order valence-corrected chi connectivity index (χ1v) is 8.35. The highest BCUT2D eigenvalue weighted by molar-refractivity contribution is 6.66. The van der Waals surface area contributed by atoms with Gasteiger partial charge in [0, 0.05) is 5.92 Å². The minimum absolute atomic E-state index is 0.184. The van der Waals surface area contributed by atoms with Gasteiger partial charge in [-0.15, -0.1) is 46.4 Å². The van der Waals surface area contributed by atoms with E-state index in [2.05, 4.69) is 0 Å². The third kappa shape index (κ3) is 1.28. The molecule has 2 bridgehead atoms. The molecule has 8 heteroatoms. The molecule has 0 aliphatic heterocycles. The average Bonchev–Trinajstić information content (AvgIpc) is 2.69. The van der Waals surface area contributed by atoms with Gasteiger partial charge in [0.1, 0.15) is 9.75 Å². The summed E-state index contributed by atoms with van der Waals surface area (Å²) in [4.78, 5) is -2.50. The standard InChI is InChI=1S/C10H6Cl8/c11-3-1-2-4(5(3)12)9(16)7(14)6(13)8(2,15)10(9,17)18/h2-5H,1H2/t2-,3-,4-,5-,8+,9-/m1/s1. The third-order valence-corrected chi connectivity index (χ3v) is 9.79. The number of halogens is 8. The Bertz CT molecular complexity index is 459. The predicted octanol–water partition coefficient (Wildman–Crippen LogP) is 5.68. The highest BCUT2D eigenvalue weighted by atomic mass is 35.5. The van der Waals surface area contributed by atoms with Gasteiger partial charge in [-0.25, -0.2) is 0 Å². The second kappa shape index (κ2) is 4.07. The zero-order chi connectivity index (χ0) is 13.7. The van der Waals surface area contributed by atoms with Crippen molar-refractivity contribution in [3.63, 3.8) is 0 Å². The number of hydrogen-bond donors (Lipinski definition) is 0. The van der Waals surface area contributed by atoms with E-state index in [1.807, 2.05) is 0 Å². The molecule has 0 radical (unpaired) electrons. The second-order valence-electron chi connectivity index (χ2n) is 4.95. The van der Waals surface area contributed by atoms with Crippen molar-refractivity contribution in [3.05, 3.63) is 10.1 Å². The van der Waals surface area contributed by atoms with E-state index in [0.717, 1.165) is 0 Å². The average molecular weight is 410 g/mol. The molecular weight excluding hydrogens is 404 g/mol. The highest BCUT2D eigenvalue weighted by Gasteiger charge is 2.84. The summed E-state index contributed by atoms with van der Waals surface area (Å²) >= 11 is 51.0. The number of fused-ring (bicyclic) bond motifs is 5. The van der Waals surface area contributed by atoms with Crippen LogP contribution in [0.3, 0.4) is 0 Å². The molecule has 0 heterocycles. The summed E-state index contributed by atoms with van der Waals surface area (Å²) in [6.45, 7) is 0. The Hall–Kier alpha value is 2.06. The van der Waals surface area contributed by atoms with Gasteiger partial charge in [-0.3, -0.25) is 0 Å². The quantitative estimate of drug-likeness (QED) is 0.451. The zero-order valence-corrected chi connectivity index (χ0v) is 14.6. The van der Waals surface area contributed by atoms with Crippen LogP contribution in [0.4, 0.5) is 0 Å². The van der Waals surface area contributed by atoms with E-state index in [1.54, 1.807) is 0 Å². The molecule has 6 atom stereocenters. The van der Waals surface area contributed by atoms with E-state index in [9.17, 15) is 0 Å². The minimum atomic E-state index is -1.50. The second-order valence-corrected chi connectivity index (χ2v) is 9.29. The number of allylic oxidation sites excluding steroid dienone is 2. The van der Waals surface area contributed by atoms with Gasteiger partial charge in [0.25, 0.3) is 0 Å². The topological polar surface area (TPSA) is 0 Å². The molecule has 0 nitrogen and oxygen atoms in total. The van der Waals surface area contributed by atoms with Crippen molar-refractivity contribution in [1.82, 2.24) is 0 Å². The lowest BCUT2D eigenvalue weighted by Gasteiger charge is -2.35. The van der Waals surface area contributed by atoms with Crippen LogP contribution in [0.25, 0.3) is 0 Å². The Balaban J connectivity index is 2.26. The Morgan fingerprint density at radius 2 is 1.39 bits per heavy atom. The molecule has 2 fully saturated rings. The predicted molar refractivity (Wildman–Crippen MR) is 81.2 cm³/mol. The maximum Gasteiger partial charge on any atom is 0.166 e. The van der Waals surface area contributed by atoms with E-state index in [4.69, 9.17) is 92.8 Å². The first-order chi connectivity index (χ1) is 8.11. The van der Waals surface area contributed by atoms with E-state index < -0.39 is 19.5 Å². The smallest absolute Gasteiger partial charge is 0.121 e. The van der Waals surface area contributed by atoms with E-state index in [-0.39, 0.29) is 27.3 Å². The van der Waals surface area contributed by atoms with Crippen LogP contribution in [0, 0.1) is 11.8 Å². The van der Waals surface area contributed by atoms with Gasteiger partial charge in [0.05, 0.1) is 20.8 Å². The maximum atomic E-state index is 6.62. The van der Waals surface area contributed by atoms with Crippen molar-refractivity contribution in [2.75, 3.05) is 0 Å². The van der Waals surface area contributed by atoms with Crippen molar-refractivity contribution in [1.29, 1.82) is 0 Å². The Labute approximate surface area is 145 Å². The molecule has 102 valence electrons. The molecule has 0 aromatic rings. The van der Waals surface area contributed by atoms with Gasteiger partial charge in [0.2, 0.25) is 0 Å². The summed E-state index contributed by atoms with van der Waals surface area (Å²) < 4.78 is -1.50. The highest BCUT2D eigenvalue weighted by Crippen LogP contribution is 2.79. The SMILES string of the molecule is ClC1=C(Cl)[C@]2(Cl)[C@H]3[C@H](Cl)[C@H](Cl)C[C@H]3[C@@]1(Cl)C2(Cl)Cl. The van der Waals surface area contributed by atoms with Crippen molar-refractivity contribution in [2.45, 2.75) is 31.3 Å². The first kappa shape index (κ1) is 15.0. The van der Waals surface area contributed by atoms with Crippen LogP contribution in [-0.2, 0) is 0 Å². The van der Waals surface area contributed by atoms with Crippen molar-refractivity contribution >= 4 is 92.8 Å². The monoisotopic (exact) mass is 406 g/mol. The molecule has 0 amide bonds. The van der Waals surface area contributed by atoms with Crippen molar-refractivity contribution in [2.24, 2.45) is 11.8 Å². The van der Waals surface area contributed by atoms with Crippen LogP contribution in [0.1, 0.15) is 6.42 Å². The molecule has 0 aromatic carbocycles. The molecule has 0 saturated heterocycles. The number of alkyl halides is 6. The summed E-state index contributed by atoms with van der Waals surface area (Å²) in [5.74, 6) is -0.488. The molecule has 0 aromatic heterocycles. The fourth-order valence-corrected chi connectivity index (χ4v) is 7.46. The molecule has 3 rings (SSSR count). The molecule has 2 saturated carbocycles.